The van der Waals surface area contributed by atoms with Gasteiger partial charge in [0.05, 0.1) is 21.7 Å². The van der Waals surface area contributed by atoms with Crippen LogP contribution in [-0.2, 0) is 11.2 Å². The molecular weight excluding hydrogens is 371 g/mol. The molecule has 1 N–H and O–H groups in total. The van der Waals surface area contributed by atoms with E-state index in [2.05, 4.69) is 40.8 Å². The molecule has 0 fully saturated rings. The van der Waals surface area contributed by atoms with Crippen molar-refractivity contribution in [2.24, 2.45) is 0 Å². The minimum Gasteiger partial charge on any atom is -0.388 e. The Morgan fingerprint density at radius 3 is 3.05 bits per heavy atom. The molecule has 2 atom stereocenters. The van der Waals surface area contributed by atoms with Crippen LogP contribution in [0.1, 0.15) is 35.3 Å². The largest absolute Gasteiger partial charge is 0.388 e. The summed E-state index contributed by atoms with van der Waals surface area (Å²) in [6.07, 6.45) is 1.16. The van der Waals surface area contributed by atoms with Crippen LogP contribution in [0.3, 0.4) is 0 Å². The van der Waals surface area contributed by atoms with E-state index < -0.39 is 6.10 Å². The normalized spacial score (nSPS) is 20.0. The first-order chi connectivity index (χ1) is 9.24. The SMILES string of the molecule is OC(CC1OCCc2ccccc21)c1csc(I)c1. The van der Waals surface area contributed by atoms with Crippen molar-refractivity contribution in [2.75, 3.05) is 6.61 Å². The van der Waals surface area contributed by atoms with Crippen LogP contribution in [0.25, 0.3) is 0 Å². The van der Waals surface area contributed by atoms with E-state index in [1.54, 1.807) is 11.3 Å². The second kappa shape index (κ2) is 5.91. The average Bonchev–Trinajstić information content (AvgIpc) is 2.86. The molecule has 2 aromatic rings. The molecule has 1 aromatic carbocycles. The summed E-state index contributed by atoms with van der Waals surface area (Å²) in [6, 6.07) is 10.4. The van der Waals surface area contributed by atoms with Crippen molar-refractivity contribution >= 4 is 33.9 Å². The summed E-state index contributed by atoms with van der Waals surface area (Å²) in [4.78, 5) is 0. The molecule has 1 aliphatic heterocycles. The highest BCUT2D eigenvalue weighted by molar-refractivity contribution is 14.1. The molecular formula is C15H15IO2S. The van der Waals surface area contributed by atoms with Crippen LogP contribution in [0.15, 0.2) is 35.7 Å². The molecule has 0 saturated carbocycles. The van der Waals surface area contributed by atoms with Gasteiger partial charge >= 0.3 is 0 Å². The molecule has 0 radical (unpaired) electrons. The molecule has 0 aliphatic carbocycles. The summed E-state index contributed by atoms with van der Waals surface area (Å²) in [5, 5.41) is 12.4. The number of hydrogen-bond donors (Lipinski definition) is 1. The Labute approximate surface area is 130 Å². The summed E-state index contributed by atoms with van der Waals surface area (Å²) in [5.41, 5.74) is 3.59. The lowest BCUT2D eigenvalue weighted by Gasteiger charge is -2.27. The lowest BCUT2D eigenvalue weighted by molar-refractivity contribution is 0.00385. The Morgan fingerprint density at radius 1 is 1.42 bits per heavy atom. The van der Waals surface area contributed by atoms with E-state index in [4.69, 9.17) is 4.74 Å². The fourth-order valence-corrected chi connectivity index (χ4v) is 3.93. The minimum atomic E-state index is -0.448. The zero-order valence-electron chi connectivity index (χ0n) is 10.4. The Kier molecular flexibility index (Phi) is 4.21. The van der Waals surface area contributed by atoms with Crippen LogP contribution in [0, 0.1) is 2.88 Å². The highest BCUT2D eigenvalue weighted by Gasteiger charge is 2.24. The maximum absolute atomic E-state index is 10.3. The van der Waals surface area contributed by atoms with Crippen LogP contribution >= 0.6 is 33.9 Å². The maximum Gasteiger partial charge on any atom is 0.0855 e. The van der Waals surface area contributed by atoms with Gasteiger partial charge in [-0.1, -0.05) is 24.3 Å². The average molecular weight is 386 g/mol. The molecule has 100 valence electrons. The number of benzene rings is 1. The van der Waals surface area contributed by atoms with E-state index in [9.17, 15) is 5.11 Å². The van der Waals surface area contributed by atoms with Crippen molar-refractivity contribution in [2.45, 2.75) is 25.0 Å². The van der Waals surface area contributed by atoms with Crippen molar-refractivity contribution in [3.63, 3.8) is 0 Å². The van der Waals surface area contributed by atoms with Gasteiger partial charge in [-0.2, -0.15) is 0 Å². The predicted octanol–water partition coefficient (Wildman–Crippen LogP) is 4.09. The molecule has 3 rings (SSSR count). The number of ether oxygens (including phenoxy) is 1. The van der Waals surface area contributed by atoms with Crippen LogP contribution in [0.2, 0.25) is 0 Å². The molecule has 0 spiro atoms. The van der Waals surface area contributed by atoms with E-state index in [0.29, 0.717) is 6.42 Å². The third kappa shape index (κ3) is 3.02. The quantitative estimate of drug-likeness (QED) is 0.806. The standard InChI is InChI=1S/C15H15IO2S/c16-15-7-11(9-19-15)13(17)8-14-12-4-2-1-3-10(12)5-6-18-14/h1-4,7,9,13-14,17H,5-6,8H2. The first kappa shape index (κ1) is 13.5. The third-order valence-corrected chi connectivity index (χ3v) is 5.31. The van der Waals surface area contributed by atoms with Gasteiger partial charge in [-0.25, -0.2) is 0 Å². The first-order valence-corrected chi connectivity index (χ1v) is 8.31. The Bertz CT molecular complexity index is 567. The number of thiophene rings is 1. The summed E-state index contributed by atoms with van der Waals surface area (Å²) >= 11 is 3.95. The Balaban J connectivity index is 1.77. The lowest BCUT2D eigenvalue weighted by Crippen LogP contribution is -2.18. The van der Waals surface area contributed by atoms with Gasteiger partial charge in [0.1, 0.15) is 0 Å². The second-order valence-electron chi connectivity index (χ2n) is 4.74. The monoisotopic (exact) mass is 386 g/mol. The van der Waals surface area contributed by atoms with Crippen molar-refractivity contribution in [3.8, 4) is 0 Å². The smallest absolute Gasteiger partial charge is 0.0855 e. The number of fused-ring (bicyclic) bond motifs is 1. The summed E-state index contributed by atoms with van der Waals surface area (Å²) < 4.78 is 7.05. The maximum atomic E-state index is 10.3. The number of rotatable bonds is 3. The van der Waals surface area contributed by atoms with Gasteiger partial charge in [0, 0.05) is 6.42 Å². The molecule has 0 saturated heterocycles. The van der Waals surface area contributed by atoms with Crippen LogP contribution in [0.5, 0.6) is 0 Å². The molecule has 2 unspecified atom stereocenters. The Hall–Kier alpha value is -0.430. The van der Waals surface area contributed by atoms with Crippen LogP contribution in [-0.4, -0.2) is 11.7 Å². The molecule has 0 amide bonds. The molecule has 2 heterocycles. The fraction of sp³-hybridized carbons (Fsp3) is 0.333. The van der Waals surface area contributed by atoms with E-state index in [-0.39, 0.29) is 6.10 Å². The van der Waals surface area contributed by atoms with Gasteiger partial charge < -0.3 is 9.84 Å². The predicted molar refractivity (Wildman–Crippen MR) is 85.5 cm³/mol. The van der Waals surface area contributed by atoms with Crippen molar-refractivity contribution < 1.29 is 9.84 Å². The number of aliphatic hydroxyl groups excluding tert-OH is 1. The topological polar surface area (TPSA) is 29.5 Å². The van der Waals surface area contributed by atoms with E-state index in [0.717, 1.165) is 18.6 Å². The second-order valence-corrected chi connectivity index (χ2v) is 7.55. The number of hydrogen-bond acceptors (Lipinski definition) is 3. The zero-order chi connectivity index (χ0) is 13.2. The van der Waals surface area contributed by atoms with Gasteiger partial charge in [-0.15, -0.1) is 11.3 Å². The summed E-state index contributed by atoms with van der Waals surface area (Å²) in [5.74, 6) is 0. The van der Waals surface area contributed by atoms with Crippen LogP contribution < -0.4 is 0 Å². The zero-order valence-corrected chi connectivity index (χ0v) is 13.4. The molecule has 1 aliphatic rings. The van der Waals surface area contributed by atoms with Gasteiger partial charge in [-0.05, 0) is 57.1 Å². The number of halogens is 1. The highest BCUT2D eigenvalue weighted by Crippen LogP contribution is 2.35. The van der Waals surface area contributed by atoms with Crippen molar-refractivity contribution in [1.29, 1.82) is 0 Å². The lowest BCUT2D eigenvalue weighted by atomic mass is 9.93. The van der Waals surface area contributed by atoms with Gasteiger partial charge in [0.25, 0.3) is 0 Å². The summed E-state index contributed by atoms with van der Waals surface area (Å²) in [6.45, 7) is 0.746. The minimum absolute atomic E-state index is 0.0116. The molecule has 0 bridgehead atoms. The molecule has 1 aromatic heterocycles. The Morgan fingerprint density at radius 2 is 2.26 bits per heavy atom. The van der Waals surface area contributed by atoms with E-state index >= 15 is 0 Å². The van der Waals surface area contributed by atoms with Crippen molar-refractivity contribution in [1.82, 2.24) is 0 Å². The molecule has 19 heavy (non-hydrogen) atoms. The number of aliphatic hydroxyl groups is 1. The van der Waals surface area contributed by atoms with Crippen LogP contribution in [0.4, 0.5) is 0 Å². The van der Waals surface area contributed by atoms with Gasteiger partial charge in [0.15, 0.2) is 0 Å². The van der Waals surface area contributed by atoms with E-state index in [1.165, 1.54) is 14.0 Å². The molecule has 4 heteroatoms. The summed E-state index contributed by atoms with van der Waals surface area (Å²) in [7, 11) is 0. The van der Waals surface area contributed by atoms with Gasteiger partial charge in [0.2, 0.25) is 0 Å². The van der Waals surface area contributed by atoms with Gasteiger partial charge in [-0.3, -0.25) is 0 Å². The van der Waals surface area contributed by atoms with Crippen molar-refractivity contribution in [3.05, 3.63) is 55.3 Å². The fourth-order valence-electron chi connectivity index (χ4n) is 2.51. The third-order valence-electron chi connectivity index (χ3n) is 3.50. The first-order valence-electron chi connectivity index (χ1n) is 6.35. The van der Waals surface area contributed by atoms with E-state index in [1.807, 2.05) is 17.5 Å². The highest BCUT2D eigenvalue weighted by atomic mass is 127. The molecule has 2 nitrogen and oxygen atoms in total.